The third-order valence-electron chi connectivity index (χ3n) is 13.0. The van der Waals surface area contributed by atoms with Gasteiger partial charge >= 0.3 is 0 Å². The molecule has 0 atom stereocenters. The number of anilines is 3. The lowest BCUT2D eigenvalue weighted by Gasteiger charge is -2.32. The Bertz CT molecular complexity index is 3440. The second kappa shape index (κ2) is 12.2. The second-order valence-electron chi connectivity index (χ2n) is 15.9. The summed E-state index contributed by atoms with van der Waals surface area (Å²) >= 11 is 0. The molecule has 0 aliphatic heterocycles. The molecule has 10 aromatic carbocycles. The number of para-hydroxylation sites is 1. The van der Waals surface area contributed by atoms with Crippen LogP contribution in [-0.4, -0.2) is 0 Å². The van der Waals surface area contributed by atoms with E-state index in [4.69, 9.17) is 4.42 Å². The summed E-state index contributed by atoms with van der Waals surface area (Å²) in [7, 11) is 0. The summed E-state index contributed by atoms with van der Waals surface area (Å²) in [5.41, 5.74) is 17.4. The second-order valence-corrected chi connectivity index (χ2v) is 15.9. The first-order chi connectivity index (χ1) is 29.3. The van der Waals surface area contributed by atoms with Gasteiger partial charge in [0.15, 0.2) is 0 Å². The number of hydrogen-bond donors (Lipinski definition) is 0. The third kappa shape index (κ3) is 4.35. The van der Waals surface area contributed by atoms with Gasteiger partial charge in [-0.3, -0.25) is 0 Å². The number of fused-ring (bicyclic) bond motifs is 18. The summed E-state index contributed by atoms with van der Waals surface area (Å²) in [6.45, 7) is 0. The van der Waals surface area contributed by atoms with Gasteiger partial charge in [0.25, 0.3) is 0 Å². The minimum Gasteiger partial charge on any atom is -0.455 e. The maximum Gasteiger partial charge on any atom is 0.143 e. The van der Waals surface area contributed by atoms with Gasteiger partial charge in [-0.15, -0.1) is 0 Å². The lowest BCUT2D eigenvalue weighted by atomic mass is 9.70. The zero-order chi connectivity index (χ0) is 38.7. The first-order valence-corrected chi connectivity index (χ1v) is 20.4. The molecular formula is C57H35NO. The monoisotopic (exact) mass is 749 g/mol. The highest BCUT2D eigenvalue weighted by Crippen LogP contribution is 2.63. The van der Waals surface area contributed by atoms with E-state index in [2.05, 4.69) is 217 Å². The molecule has 2 heteroatoms. The van der Waals surface area contributed by atoms with Gasteiger partial charge in [0.2, 0.25) is 0 Å². The standard InChI is InChI=1S/C57H35NO/c1-3-17-36(18-4-1)47-35-54-48(55-45-26-9-7-21-39(45)40-22-8-10-27-46(40)56(55)59-54)34-53(47)58(37-19-5-2-6-20-37)38-31-32-44-43-25-13-16-30-51(43)57(52(44)33-38)49-28-14-11-23-41(49)42-24-12-15-29-50(42)57/h1-35H. The molecule has 1 heterocycles. The highest BCUT2D eigenvalue weighted by Gasteiger charge is 2.51. The Morgan fingerprint density at radius 1 is 0.339 bits per heavy atom. The van der Waals surface area contributed by atoms with Crippen molar-refractivity contribution in [3.63, 3.8) is 0 Å². The first-order valence-electron chi connectivity index (χ1n) is 20.4. The van der Waals surface area contributed by atoms with Crippen molar-refractivity contribution in [2.45, 2.75) is 5.41 Å². The van der Waals surface area contributed by atoms with Gasteiger partial charge in [-0.2, -0.15) is 0 Å². The molecule has 13 rings (SSSR count). The maximum absolute atomic E-state index is 6.99. The van der Waals surface area contributed by atoms with Crippen molar-refractivity contribution in [3.05, 3.63) is 235 Å². The third-order valence-corrected chi connectivity index (χ3v) is 13.0. The Hall–Kier alpha value is -7.68. The minimum absolute atomic E-state index is 0.454. The van der Waals surface area contributed by atoms with E-state index in [1.54, 1.807) is 0 Å². The molecule has 274 valence electrons. The van der Waals surface area contributed by atoms with Crippen molar-refractivity contribution in [2.24, 2.45) is 0 Å². The van der Waals surface area contributed by atoms with Gasteiger partial charge in [-0.25, -0.2) is 0 Å². The van der Waals surface area contributed by atoms with Gasteiger partial charge in [0, 0.05) is 33.1 Å². The summed E-state index contributed by atoms with van der Waals surface area (Å²) in [6.07, 6.45) is 0. The van der Waals surface area contributed by atoms with E-state index < -0.39 is 5.41 Å². The number of rotatable bonds is 4. The molecule has 1 spiro atoms. The van der Waals surface area contributed by atoms with Gasteiger partial charge < -0.3 is 9.32 Å². The molecule has 0 amide bonds. The van der Waals surface area contributed by atoms with Crippen molar-refractivity contribution in [2.75, 3.05) is 4.90 Å². The van der Waals surface area contributed by atoms with Crippen LogP contribution < -0.4 is 4.90 Å². The molecule has 0 unspecified atom stereocenters. The smallest absolute Gasteiger partial charge is 0.143 e. The van der Waals surface area contributed by atoms with Crippen LogP contribution in [0.5, 0.6) is 0 Å². The molecule has 0 N–H and O–H groups in total. The highest BCUT2D eigenvalue weighted by molar-refractivity contribution is 6.30. The Labute approximate surface area is 341 Å². The summed E-state index contributed by atoms with van der Waals surface area (Å²) in [5.74, 6) is 0. The summed E-state index contributed by atoms with van der Waals surface area (Å²) in [6, 6.07) is 77.9. The Morgan fingerprint density at radius 2 is 0.847 bits per heavy atom. The van der Waals surface area contributed by atoms with Gasteiger partial charge in [-0.1, -0.05) is 176 Å². The van der Waals surface area contributed by atoms with Crippen LogP contribution in [0.2, 0.25) is 0 Å². The molecule has 2 aliphatic rings. The molecule has 0 bridgehead atoms. The molecule has 59 heavy (non-hydrogen) atoms. The molecule has 0 saturated carbocycles. The van der Waals surface area contributed by atoms with Gasteiger partial charge in [-0.05, 0) is 103 Å². The van der Waals surface area contributed by atoms with Crippen molar-refractivity contribution < 1.29 is 4.42 Å². The minimum atomic E-state index is -0.454. The van der Waals surface area contributed by atoms with Crippen molar-refractivity contribution in [1.82, 2.24) is 0 Å². The van der Waals surface area contributed by atoms with E-state index in [9.17, 15) is 0 Å². The van der Waals surface area contributed by atoms with Crippen LogP contribution in [0.15, 0.2) is 217 Å². The fourth-order valence-electron chi connectivity index (χ4n) is 10.7. The van der Waals surface area contributed by atoms with E-state index >= 15 is 0 Å². The van der Waals surface area contributed by atoms with E-state index in [-0.39, 0.29) is 0 Å². The summed E-state index contributed by atoms with van der Waals surface area (Å²) < 4.78 is 6.99. The Kier molecular flexibility index (Phi) is 6.68. The lowest BCUT2D eigenvalue weighted by molar-refractivity contribution is 0.673. The van der Waals surface area contributed by atoms with E-state index in [0.29, 0.717) is 0 Å². The number of nitrogens with zero attached hydrogens (tertiary/aromatic N) is 1. The number of hydrogen-bond acceptors (Lipinski definition) is 2. The molecule has 0 radical (unpaired) electrons. The van der Waals surface area contributed by atoms with E-state index in [1.165, 1.54) is 60.7 Å². The molecule has 2 aliphatic carbocycles. The van der Waals surface area contributed by atoms with Crippen LogP contribution >= 0.6 is 0 Å². The SMILES string of the molecule is c1ccc(-c2cc3oc4c5ccccc5c5ccccc5c4c3cc2N(c2ccccc2)c2ccc3c(c2)C2(c4ccccc4-c4ccccc42)c2ccccc2-3)cc1. The zero-order valence-electron chi connectivity index (χ0n) is 32.1. The van der Waals surface area contributed by atoms with Crippen molar-refractivity contribution in [3.8, 4) is 33.4 Å². The molecule has 1 aromatic heterocycles. The Morgan fingerprint density at radius 3 is 1.49 bits per heavy atom. The predicted octanol–water partition coefficient (Wildman–Crippen LogP) is 15.4. The average Bonchev–Trinajstić information content (AvgIpc) is 3.94. The number of benzene rings is 10. The lowest BCUT2D eigenvalue weighted by Crippen LogP contribution is -2.26. The van der Waals surface area contributed by atoms with Crippen molar-refractivity contribution >= 4 is 60.5 Å². The van der Waals surface area contributed by atoms with Crippen LogP contribution in [0.3, 0.4) is 0 Å². The molecular weight excluding hydrogens is 715 g/mol. The normalized spacial score (nSPS) is 13.2. The van der Waals surface area contributed by atoms with E-state index in [0.717, 1.165) is 55.5 Å². The average molecular weight is 750 g/mol. The summed E-state index contributed by atoms with van der Waals surface area (Å²) in [4.78, 5) is 2.47. The van der Waals surface area contributed by atoms with Crippen LogP contribution in [0.1, 0.15) is 22.3 Å². The highest BCUT2D eigenvalue weighted by atomic mass is 16.3. The first kappa shape index (κ1) is 32.4. The van der Waals surface area contributed by atoms with Crippen LogP contribution in [0.25, 0.3) is 76.9 Å². The number of furan rings is 1. The zero-order valence-corrected chi connectivity index (χ0v) is 32.1. The van der Waals surface area contributed by atoms with E-state index in [1.807, 2.05) is 0 Å². The van der Waals surface area contributed by atoms with Crippen molar-refractivity contribution in [1.29, 1.82) is 0 Å². The fourth-order valence-corrected chi connectivity index (χ4v) is 10.7. The maximum atomic E-state index is 6.99. The van der Waals surface area contributed by atoms with Crippen LogP contribution in [0, 0.1) is 0 Å². The molecule has 11 aromatic rings. The largest absolute Gasteiger partial charge is 0.455 e. The Balaban J connectivity index is 1.14. The fraction of sp³-hybridized carbons (Fsp3) is 0.0175. The van der Waals surface area contributed by atoms with Gasteiger partial charge in [0.1, 0.15) is 11.2 Å². The van der Waals surface area contributed by atoms with Gasteiger partial charge in [0.05, 0.1) is 11.1 Å². The molecule has 2 nitrogen and oxygen atoms in total. The predicted molar refractivity (Wildman–Crippen MR) is 245 cm³/mol. The molecule has 0 fully saturated rings. The summed E-state index contributed by atoms with van der Waals surface area (Å²) in [5, 5.41) is 6.99. The van der Waals surface area contributed by atoms with Crippen LogP contribution in [-0.2, 0) is 5.41 Å². The molecule has 0 saturated heterocycles. The topological polar surface area (TPSA) is 16.4 Å². The quantitative estimate of drug-likeness (QED) is 0.167. The van der Waals surface area contributed by atoms with Crippen LogP contribution in [0.4, 0.5) is 17.1 Å².